The number of nitrogens with one attached hydrogen (secondary N) is 2. The second-order valence-corrected chi connectivity index (χ2v) is 7.85. The molecule has 0 fully saturated rings. The molecule has 10 heteroatoms. The van der Waals surface area contributed by atoms with Crippen molar-refractivity contribution in [3.8, 4) is 0 Å². The van der Waals surface area contributed by atoms with Gasteiger partial charge in [0.2, 0.25) is 5.91 Å². The van der Waals surface area contributed by atoms with Gasteiger partial charge in [-0.3, -0.25) is 14.3 Å². The van der Waals surface area contributed by atoms with E-state index in [1.165, 1.54) is 18.7 Å². The monoisotopic (exact) mass is 448 g/mol. The van der Waals surface area contributed by atoms with Crippen molar-refractivity contribution in [3.63, 3.8) is 0 Å². The zero-order valence-electron chi connectivity index (χ0n) is 18.4. The van der Waals surface area contributed by atoms with Gasteiger partial charge in [-0.1, -0.05) is 12.1 Å². The van der Waals surface area contributed by atoms with Crippen LogP contribution in [0, 0.1) is 13.8 Å². The summed E-state index contributed by atoms with van der Waals surface area (Å²) in [4.78, 5) is 37.7. The lowest BCUT2D eigenvalue weighted by Gasteiger charge is -2.15. The smallest absolute Gasteiger partial charge is 0.340 e. The number of esters is 1. The van der Waals surface area contributed by atoms with Crippen LogP contribution >= 0.6 is 11.8 Å². The maximum Gasteiger partial charge on any atom is 0.340 e. The lowest BCUT2D eigenvalue weighted by Crippen LogP contribution is -2.30. The number of carbonyl (C=O) groups is 3. The Kier molecular flexibility index (Phi) is 9.07. The average Bonchev–Trinajstić information content (AvgIpc) is 2.98. The molecular formula is C21H28N4O5S. The second-order valence-electron chi connectivity index (χ2n) is 6.83. The fraction of sp³-hybridized carbons (Fsp3) is 0.429. The van der Waals surface area contributed by atoms with Crippen LogP contribution in [0.4, 0.5) is 5.69 Å². The van der Waals surface area contributed by atoms with Gasteiger partial charge in [-0.15, -0.1) is 11.8 Å². The Morgan fingerprint density at radius 2 is 1.94 bits per heavy atom. The van der Waals surface area contributed by atoms with Gasteiger partial charge in [-0.05, 0) is 32.9 Å². The molecule has 0 saturated carbocycles. The van der Waals surface area contributed by atoms with E-state index in [1.54, 1.807) is 50.0 Å². The van der Waals surface area contributed by atoms with Gasteiger partial charge >= 0.3 is 5.97 Å². The van der Waals surface area contributed by atoms with Crippen LogP contribution in [0.1, 0.15) is 28.7 Å². The summed E-state index contributed by atoms with van der Waals surface area (Å²) < 4.78 is 11.9. The minimum atomic E-state index is -1.01. The maximum atomic E-state index is 12.7. The third-order valence-electron chi connectivity index (χ3n) is 4.50. The third kappa shape index (κ3) is 6.83. The molecule has 0 bridgehead atoms. The quantitative estimate of drug-likeness (QED) is 0.325. The number of hydrogen-bond acceptors (Lipinski definition) is 7. The molecule has 1 aromatic heterocycles. The van der Waals surface area contributed by atoms with E-state index in [9.17, 15) is 14.4 Å². The third-order valence-corrected chi connectivity index (χ3v) is 5.58. The van der Waals surface area contributed by atoms with E-state index < -0.39 is 18.0 Å². The van der Waals surface area contributed by atoms with Gasteiger partial charge < -0.3 is 20.1 Å². The van der Waals surface area contributed by atoms with E-state index in [0.29, 0.717) is 35.0 Å². The SMILES string of the molecule is COCCNC(=O)CSc1ccccc1C(=O)OC(C)C(=O)Nc1c(C)nn(C)c1C. The molecule has 0 aliphatic rings. The highest BCUT2D eigenvalue weighted by atomic mass is 32.2. The van der Waals surface area contributed by atoms with E-state index in [4.69, 9.17) is 9.47 Å². The molecule has 168 valence electrons. The zero-order valence-corrected chi connectivity index (χ0v) is 19.2. The Morgan fingerprint density at radius 3 is 2.58 bits per heavy atom. The van der Waals surface area contributed by atoms with Crippen LogP contribution in [0.5, 0.6) is 0 Å². The van der Waals surface area contributed by atoms with Crippen molar-refractivity contribution in [2.45, 2.75) is 31.8 Å². The number of hydrogen-bond donors (Lipinski definition) is 2. The van der Waals surface area contributed by atoms with Gasteiger partial charge in [0, 0.05) is 25.6 Å². The number of amides is 2. The number of thioether (sulfide) groups is 1. The van der Waals surface area contributed by atoms with Gasteiger partial charge in [0.15, 0.2) is 6.10 Å². The summed E-state index contributed by atoms with van der Waals surface area (Å²) in [7, 11) is 3.34. The Balaban J connectivity index is 1.98. The van der Waals surface area contributed by atoms with Gasteiger partial charge in [0.1, 0.15) is 0 Å². The largest absolute Gasteiger partial charge is 0.449 e. The minimum Gasteiger partial charge on any atom is -0.449 e. The molecule has 0 radical (unpaired) electrons. The van der Waals surface area contributed by atoms with Crippen molar-refractivity contribution in [2.75, 3.05) is 31.3 Å². The molecule has 2 amide bonds. The van der Waals surface area contributed by atoms with Crippen LogP contribution in [0.2, 0.25) is 0 Å². The summed E-state index contributed by atoms with van der Waals surface area (Å²) in [6.07, 6.45) is -1.01. The molecule has 0 aliphatic carbocycles. The highest BCUT2D eigenvalue weighted by molar-refractivity contribution is 8.00. The molecule has 0 saturated heterocycles. The van der Waals surface area contributed by atoms with E-state index in [-0.39, 0.29) is 11.7 Å². The predicted molar refractivity (Wildman–Crippen MR) is 118 cm³/mol. The highest BCUT2D eigenvalue weighted by Crippen LogP contribution is 2.24. The molecule has 2 rings (SSSR count). The normalized spacial score (nSPS) is 11.6. The minimum absolute atomic E-state index is 0.142. The van der Waals surface area contributed by atoms with Crippen LogP contribution < -0.4 is 10.6 Å². The number of aromatic nitrogens is 2. The first kappa shape index (κ1) is 24.4. The predicted octanol–water partition coefficient (Wildman–Crippen LogP) is 2.08. The fourth-order valence-electron chi connectivity index (χ4n) is 2.70. The van der Waals surface area contributed by atoms with E-state index in [2.05, 4.69) is 15.7 Å². The summed E-state index contributed by atoms with van der Waals surface area (Å²) in [5.41, 5.74) is 2.38. The molecule has 0 spiro atoms. The van der Waals surface area contributed by atoms with Crippen LogP contribution in [0.15, 0.2) is 29.2 Å². The number of nitrogens with zero attached hydrogens (tertiary/aromatic N) is 2. The van der Waals surface area contributed by atoms with E-state index >= 15 is 0 Å². The van der Waals surface area contributed by atoms with E-state index in [1.807, 2.05) is 6.92 Å². The molecule has 1 atom stereocenters. The standard InChI is InChI=1S/C21H28N4O5S/c1-13-19(14(2)25(4)24-13)23-20(27)15(3)30-21(28)16-8-6-7-9-17(16)31-12-18(26)22-10-11-29-5/h6-9,15H,10-12H2,1-5H3,(H,22,26)(H,23,27). The summed E-state index contributed by atoms with van der Waals surface area (Å²) >= 11 is 1.22. The lowest BCUT2D eigenvalue weighted by atomic mass is 10.2. The molecule has 0 aliphatic heterocycles. The van der Waals surface area contributed by atoms with Crippen molar-refractivity contribution >= 4 is 35.2 Å². The van der Waals surface area contributed by atoms with Crippen LogP contribution in [0.25, 0.3) is 0 Å². The Morgan fingerprint density at radius 1 is 1.23 bits per heavy atom. The Labute approximate surface area is 185 Å². The molecule has 1 heterocycles. The topological polar surface area (TPSA) is 112 Å². The highest BCUT2D eigenvalue weighted by Gasteiger charge is 2.23. The van der Waals surface area contributed by atoms with Crippen LogP contribution in [0.3, 0.4) is 0 Å². The average molecular weight is 449 g/mol. The van der Waals surface area contributed by atoms with Gasteiger partial charge in [-0.2, -0.15) is 5.10 Å². The number of anilines is 1. The van der Waals surface area contributed by atoms with Gasteiger partial charge in [-0.25, -0.2) is 4.79 Å². The van der Waals surface area contributed by atoms with E-state index in [0.717, 1.165) is 5.69 Å². The number of rotatable bonds is 10. The van der Waals surface area contributed by atoms with Crippen molar-refractivity contribution in [1.29, 1.82) is 0 Å². The Hall–Kier alpha value is -2.85. The van der Waals surface area contributed by atoms with Crippen molar-refractivity contribution in [1.82, 2.24) is 15.1 Å². The molecule has 2 aromatic rings. The molecule has 2 N–H and O–H groups in total. The van der Waals surface area contributed by atoms with Crippen LogP contribution in [-0.2, 0) is 26.1 Å². The summed E-state index contributed by atoms with van der Waals surface area (Å²) in [5, 5.41) is 9.74. The van der Waals surface area contributed by atoms with Crippen molar-refractivity contribution in [3.05, 3.63) is 41.2 Å². The second kappa shape index (κ2) is 11.5. The van der Waals surface area contributed by atoms with Crippen LogP contribution in [-0.4, -0.2) is 59.7 Å². The zero-order chi connectivity index (χ0) is 23.0. The summed E-state index contributed by atoms with van der Waals surface area (Å²) in [6, 6.07) is 6.81. The first-order valence-electron chi connectivity index (χ1n) is 9.74. The summed E-state index contributed by atoms with van der Waals surface area (Å²) in [5.74, 6) is -1.11. The lowest BCUT2D eigenvalue weighted by molar-refractivity contribution is -0.123. The van der Waals surface area contributed by atoms with Gasteiger partial charge in [0.25, 0.3) is 5.91 Å². The van der Waals surface area contributed by atoms with Crippen molar-refractivity contribution < 1.29 is 23.9 Å². The first-order chi connectivity index (χ1) is 14.7. The number of aryl methyl sites for hydroxylation is 2. The number of ether oxygens (including phenoxy) is 2. The first-order valence-corrected chi connectivity index (χ1v) is 10.7. The molecule has 1 unspecified atom stereocenters. The molecule has 31 heavy (non-hydrogen) atoms. The number of benzene rings is 1. The number of methoxy groups -OCH3 is 1. The molecule has 9 nitrogen and oxygen atoms in total. The number of carbonyl (C=O) groups excluding carboxylic acids is 3. The van der Waals surface area contributed by atoms with Crippen molar-refractivity contribution in [2.24, 2.45) is 7.05 Å². The van der Waals surface area contributed by atoms with Gasteiger partial charge in [0.05, 0.1) is 35.0 Å². The Bertz CT molecular complexity index is 944. The fourth-order valence-corrected chi connectivity index (χ4v) is 3.58. The molecule has 1 aromatic carbocycles. The maximum absolute atomic E-state index is 12.7. The summed E-state index contributed by atoms with van der Waals surface area (Å²) in [6.45, 7) is 5.98. The molecular weight excluding hydrogens is 420 g/mol.